The normalized spacial score (nSPS) is 21.8. The summed E-state index contributed by atoms with van der Waals surface area (Å²) in [6, 6.07) is 0. The Kier molecular flexibility index (Phi) is 13.1. The third kappa shape index (κ3) is 10.3. The Bertz CT molecular complexity index is 636. The van der Waals surface area contributed by atoms with E-state index in [2.05, 4.69) is 53.0 Å². The Labute approximate surface area is 205 Å². The molecule has 2 unspecified atom stereocenters. The van der Waals surface area contributed by atoms with Crippen LogP contribution in [0.4, 0.5) is 0 Å². The number of rotatable bonds is 12. The molecule has 2 atom stereocenters. The van der Waals surface area contributed by atoms with E-state index < -0.39 is 0 Å². The number of likely N-dealkylation sites (tertiary alicyclic amines) is 1. The van der Waals surface area contributed by atoms with Gasteiger partial charge in [-0.05, 0) is 42.9 Å². The monoisotopic (exact) mass is 466 g/mol. The standard InChI is InChI=1S/C26H46N2O3.2CH4/c1-8-9-10-11-23-27(14-15-31-23)12-13-28-22(29)17-21(24(28)30)16-20(2)18-26(6,7)19-25(3,4)5;;/h21,23H,2,8-19H2,1,3-7H3;2*1H4. The topological polar surface area (TPSA) is 49.9 Å². The Hall–Kier alpha value is -1.20. The number of ether oxygens (including phenoxy) is 1. The first-order valence-corrected chi connectivity index (χ1v) is 12.3. The molecule has 2 aliphatic heterocycles. The minimum atomic E-state index is -0.236. The molecule has 5 heteroatoms. The molecule has 2 saturated heterocycles. The molecule has 0 aromatic rings. The van der Waals surface area contributed by atoms with Gasteiger partial charge in [0.25, 0.3) is 0 Å². The molecule has 0 aromatic carbocycles. The quantitative estimate of drug-likeness (QED) is 0.183. The molecule has 0 N–H and O–H groups in total. The number of amides is 2. The fourth-order valence-electron chi connectivity index (χ4n) is 5.62. The van der Waals surface area contributed by atoms with Crippen molar-refractivity contribution in [2.75, 3.05) is 26.2 Å². The average molecular weight is 467 g/mol. The van der Waals surface area contributed by atoms with Crippen molar-refractivity contribution < 1.29 is 14.3 Å². The van der Waals surface area contributed by atoms with Gasteiger partial charge in [-0.25, -0.2) is 0 Å². The van der Waals surface area contributed by atoms with Gasteiger partial charge in [0.05, 0.1) is 12.5 Å². The Morgan fingerprint density at radius 2 is 1.76 bits per heavy atom. The second kappa shape index (κ2) is 13.6. The van der Waals surface area contributed by atoms with Crippen LogP contribution in [0.1, 0.15) is 108 Å². The van der Waals surface area contributed by atoms with Gasteiger partial charge < -0.3 is 4.74 Å². The molecule has 0 aliphatic carbocycles. The van der Waals surface area contributed by atoms with Crippen molar-refractivity contribution in [1.29, 1.82) is 0 Å². The lowest BCUT2D eigenvalue weighted by Gasteiger charge is -2.33. The molecule has 0 aromatic heterocycles. The molecule has 2 heterocycles. The van der Waals surface area contributed by atoms with Crippen LogP contribution in [0, 0.1) is 16.7 Å². The predicted octanol–water partition coefficient (Wildman–Crippen LogP) is 6.67. The summed E-state index contributed by atoms with van der Waals surface area (Å²) in [5.41, 5.74) is 1.49. The number of hydrogen-bond donors (Lipinski definition) is 0. The van der Waals surface area contributed by atoms with E-state index in [1.807, 2.05) is 0 Å². The van der Waals surface area contributed by atoms with E-state index in [0.717, 1.165) is 44.4 Å². The Morgan fingerprint density at radius 3 is 2.36 bits per heavy atom. The second-order valence-electron chi connectivity index (χ2n) is 11.7. The minimum absolute atomic E-state index is 0. The second-order valence-corrected chi connectivity index (χ2v) is 11.7. The lowest BCUT2D eigenvalue weighted by atomic mass is 9.72. The maximum Gasteiger partial charge on any atom is 0.233 e. The molecule has 194 valence electrons. The van der Waals surface area contributed by atoms with Crippen LogP contribution in [0.15, 0.2) is 12.2 Å². The first kappa shape index (κ1) is 31.8. The number of nitrogens with zero attached hydrogens (tertiary/aromatic N) is 2. The molecule has 0 spiro atoms. The van der Waals surface area contributed by atoms with E-state index in [1.54, 1.807) is 0 Å². The molecule has 0 radical (unpaired) electrons. The Balaban J connectivity index is 0.00000512. The van der Waals surface area contributed by atoms with Crippen molar-refractivity contribution >= 4 is 11.8 Å². The smallest absolute Gasteiger partial charge is 0.233 e. The minimum Gasteiger partial charge on any atom is -0.362 e. The molecule has 2 aliphatic rings. The molecule has 0 bridgehead atoms. The SMILES string of the molecule is C.C.C=C(CC1CC(=O)N(CCN2CCOC2CCCCC)C1=O)CC(C)(C)CC(C)(C)C. The third-order valence-corrected chi connectivity index (χ3v) is 6.37. The third-order valence-electron chi connectivity index (χ3n) is 6.37. The number of carbonyl (C=O) groups is 2. The van der Waals surface area contributed by atoms with Crippen LogP contribution >= 0.6 is 0 Å². The van der Waals surface area contributed by atoms with E-state index in [4.69, 9.17) is 4.74 Å². The highest BCUT2D eigenvalue weighted by Crippen LogP contribution is 2.39. The number of allylic oxidation sites excluding steroid dienone is 1. The van der Waals surface area contributed by atoms with E-state index in [1.165, 1.54) is 17.7 Å². The van der Waals surface area contributed by atoms with Crippen molar-refractivity contribution in [3.05, 3.63) is 12.2 Å². The van der Waals surface area contributed by atoms with Gasteiger partial charge >= 0.3 is 0 Å². The summed E-state index contributed by atoms with van der Waals surface area (Å²) in [5, 5.41) is 0. The first-order valence-electron chi connectivity index (χ1n) is 12.3. The van der Waals surface area contributed by atoms with Gasteiger partial charge in [0.1, 0.15) is 6.23 Å². The molecular formula is C28H54N2O3. The van der Waals surface area contributed by atoms with Crippen LogP contribution < -0.4 is 0 Å². The molecule has 5 nitrogen and oxygen atoms in total. The van der Waals surface area contributed by atoms with Gasteiger partial charge in [-0.2, -0.15) is 0 Å². The summed E-state index contributed by atoms with van der Waals surface area (Å²) < 4.78 is 5.86. The summed E-state index contributed by atoms with van der Waals surface area (Å²) in [4.78, 5) is 29.3. The number of carbonyl (C=O) groups excluding carboxylic acids is 2. The average Bonchev–Trinajstić information content (AvgIpc) is 3.15. The largest absolute Gasteiger partial charge is 0.362 e. The molecule has 2 amide bonds. The Morgan fingerprint density at radius 1 is 1.09 bits per heavy atom. The lowest BCUT2D eigenvalue weighted by Crippen LogP contribution is -2.40. The predicted molar refractivity (Wildman–Crippen MR) is 140 cm³/mol. The molecule has 0 saturated carbocycles. The van der Waals surface area contributed by atoms with Crippen molar-refractivity contribution in [1.82, 2.24) is 9.80 Å². The van der Waals surface area contributed by atoms with Crippen LogP contribution in [-0.2, 0) is 14.3 Å². The van der Waals surface area contributed by atoms with Gasteiger partial charge in [0.2, 0.25) is 11.8 Å². The summed E-state index contributed by atoms with van der Waals surface area (Å²) in [6.45, 7) is 20.6. The van der Waals surface area contributed by atoms with Crippen LogP contribution in [0.5, 0.6) is 0 Å². The highest BCUT2D eigenvalue weighted by molar-refractivity contribution is 6.03. The maximum absolute atomic E-state index is 13.0. The summed E-state index contributed by atoms with van der Waals surface area (Å²) in [5.74, 6) is -0.276. The highest BCUT2D eigenvalue weighted by atomic mass is 16.5. The summed E-state index contributed by atoms with van der Waals surface area (Å²) >= 11 is 0. The van der Waals surface area contributed by atoms with Gasteiger partial charge in [0, 0.05) is 26.1 Å². The number of unbranched alkanes of at least 4 members (excludes halogenated alkanes) is 2. The lowest BCUT2D eigenvalue weighted by molar-refractivity contribution is -0.139. The van der Waals surface area contributed by atoms with Crippen molar-refractivity contribution in [2.45, 2.75) is 114 Å². The van der Waals surface area contributed by atoms with Crippen LogP contribution in [-0.4, -0.2) is 54.1 Å². The molecule has 2 fully saturated rings. The zero-order chi connectivity index (χ0) is 23.2. The zero-order valence-electron chi connectivity index (χ0n) is 21.0. The molecule has 33 heavy (non-hydrogen) atoms. The first-order chi connectivity index (χ1) is 14.4. The highest BCUT2D eigenvalue weighted by Gasteiger charge is 2.39. The fourth-order valence-corrected chi connectivity index (χ4v) is 5.62. The van der Waals surface area contributed by atoms with Crippen LogP contribution in [0.25, 0.3) is 0 Å². The number of hydrogen-bond acceptors (Lipinski definition) is 4. The van der Waals surface area contributed by atoms with Crippen LogP contribution in [0.3, 0.4) is 0 Å². The van der Waals surface area contributed by atoms with Crippen molar-refractivity contribution in [3.8, 4) is 0 Å². The van der Waals surface area contributed by atoms with Gasteiger partial charge in [0.15, 0.2) is 0 Å². The van der Waals surface area contributed by atoms with Gasteiger partial charge in [-0.15, -0.1) is 0 Å². The van der Waals surface area contributed by atoms with E-state index in [0.29, 0.717) is 25.9 Å². The maximum atomic E-state index is 13.0. The fraction of sp³-hybridized carbons (Fsp3) is 0.857. The zero-order valence-corrected chi connectivity index (χ0v) is 21.0. The van der Waals surface area contributed by atoms with Gasteiger partial charge in [-0.1, -0.05) is 81.4 Å². The van der Waals surface area contributed by atoms with Gasteiger partial charge in [-0.3, -0.25) is 19.4 Å². The van der Waals surface area contributed by atoms with Crippen LogP contribution in [0.2, 0.25) is 0 Å². The number of imide groups is 1. The van der Waals surface area contributed by atoms with E-state index in [-0.39, 0.29) is 49.6 Å². The summed E-state index contributed by atoms with van der Waals surface area (Å²) in [7, 11) is 0. The molecule has 2 rings (SSSR count). The van der Waals surface area contributed by atoms with Crippen molar-refractivity contribution in [2.24, 2.45) is 16.7 Å². The summed E-state index contributed by atoms with van der Waals surface area (Å²) in [6.07, 6.45) is 7.69. The van der Waals surface area contributed by atoms with Crippen molar-refractivity contribution in [3.63, 3.8) is 0 Å². The van der Waals surface area contributed by atoms with E-state index >= 15 is 0 Å². The molecular weight excluding hydrogens is 412 g/mol. The van der Waals surface area contributed by atoms with E-state index in [9.17, 15) is 9.59 Å².